The largest absolute Gasteiger partial charge is 0.476 e. The zero-order chi connectivity index (χ0) is 13.1. The molecule has 1 rings (SSSR count). The second-order valence-electron chi connectivity index (χ2n) is 4.16. The number of rotatable bonds is 5. The van der Waals surface area contributed by atoms with E-state index >= 15 is 0 Å². The van der Waals surface area contributed by atoms with Gasteiger partial charge in [-0.25, -0.2) is 9.78 Å². The van der Waals surface area contributed by atoms with Crippen LogP contribution in [0.5, 0.6) is 0 Å². The van der Waals surface area contributed by atoms with Gasteiger partial charge in [0.25, 0.3) is 0 Å². The van der Waals surface area contributed by atoms with Crippen molar-refractivity contribution in [1.29, 1.82) is 0 Å². The maximum absolute atomic E-state index is 11.5. The lowest BCUT2D eigenvalue weighted by Crippen LogP contribution is -2.39. The van der Waals surface area contributed by atoms with Crippen LogP contribution in [-0.4, -0.2) is 35.6 Å². The maximum atomic E-state index is 11.5. The average Bonchev–Trinajstić information content (AvgIpc) is 2.74. The standard InChI is InChI=1S/C10H15N3O3S/c1-10(2,8(16)11-3)5-12-9-13-6(4-17-9)7(14)15/h4H,5H2,1-3H3,(H,11,16)(H,12,13)(H,14,15). The highest BCUT2D eigenvalue weighted by Gasteiger charge is 2.26. The van der Waals surface area contributed by atoms with Gasteiger partial charge in [-0.2, -0.15) is 0 Å². The lowest BCUT2D eigenvalue weighted by atomic mass is 9.92. The number of hydrogen-bond acceptors (Lipinski definition) is 5. The fourth-order valence-electron chi connectivity index (χ4n) is 1.17. The second-order valence-corrected chi connectivity index (χ2v) is 5.02. The van der Waals surface area contributed by atoms with Gasteiger partial charge in [-0.15, -0.1) is 11.3 Å². The molecule has 0 bridgehead atoms. The van der Waals surface area contributed by atoms with Crippen molar-refractivity contribution >= 4 is 28.3 Å². The highest BCUT2D eigenvalue weighted by Crippen LogP contribution is 2.20. The summed E-state index contributed by atoms with van der Waals surface area (Å²) in [5.74, 6) is -1.14. The Morgan fingerprint density at radius 3 is 2.65 bits per heavy atom. The van der Waals surface area contributed by atoms with E-state index in [9.17, 15) is 9.59 Å². The first kappa shape index (κ1) is 13.4. The number of hydrogen-bond donors (Lipinski definition) is 3. The number of carboxylic acid groups (broad SMARTS) is 1. The number of nitrogens with one attached hydrogen (secondary N) is 2. The lowest BCUT2D eigenvalue weighted by molar-refractivity contribution is -0.128. The number of carbonyl (C=O) groups excluding carboxylic acids is 1. The first-order valence-corrected chi connectivity index (χ1v) is 5.89. The molecule has 3 N–H and O–H groups in total. The van der Waals surface area contributed by atoms with Crippen molar-refractivity contribution in [3.05, 3.63) is 11.1 Å². The summed E-state index contributed by atoms with van der Waals surface area (Å²) in [7, 11) is 1.58. The highest BCUT2D eigenvalue weighted by atomic mass is 32.1. The van der Waals surface area contributed by atoms with Gasteiger partial charge in [-0.3, -0.25) is 4.79 Å². The van der Waals surface area contributed by atoms with E-state index in [1.54, 1.807) is 20.9 Å². The van der Waals surface area contributed by atoms with Gasteiger partial charge in [0.15, 0.2) is 10.8 Å². The molecule has 0 saturated carbocycles. The van der Waals surface area contributed by atoms with E-state index in [-0.39, 0.29) is 11.6 Å². The number of anilines is 1. The van der Waals surface area contributed by atoms with Crippen molar-refractivity contribution in [1.82, 2.24) is 10.3 Å². The van der Waals surface area contributed by atoms with E-state index in [1.807, 2.05) is 0 Å². The smallest absolute Gasteiger partial charge is 0.355 e. The molecular weight excluding hydrogens is 242 g/mol. The normalized spacial score (nSPS) is 11.0. The number of carboxylic acids is 1. The summed E-state index contributed by atoms with van der Waals surface area (Å²) < 4.78 is 0. The number of thiazole rings is 1. The van der Waals surface area contributed by atoms with Gasteiger partial charge in [-0.1, -0.05) is 0 Å². The minimum absolute atomic E-state index is 0.00949. The second kappa shape index (κ2) is 5.13. The molecule has 0 atom stereocenters. The summed E-state index contributed by atoms with van der Waals surface area (Å²) >= 11 is 1.20. The SMILES string of the molecule is CNC(=O)C(C)(C)CNc1nc(C(=O)O)cs1. The Kier molecular flexibility index (Phi) is 4.06. The molecule has 0 aliphatic carbocycles. The van der Waals surface area contributed by atoms with Crippen molar-refractivity contribution in [2.75, 3.05) is 18.9 Å². The summed E-state index contributed by atoms with van der Waals surface area (Å²) in [4.78, 5) is 26.0. The van der Waals surface area contributed by atoms with Crippen LogP contribution in [0.25, 0.3) is 0 Å². The Bertz CT molecular complexity index is 428. The number of amides is 1. The molecule has 1 aromatic rings. The Balaban J connectivity index is 2.61. The van der Waals surface area contributed by atoms with Crippen molar-refractivity contribution in [2.45, 2.75) is 13.8 Å². The molecule has 1 heterocycles. The van der Waals surface area contributed by atoms with Crippen LogP contribution < -0.4 is 10.6 Å². The lowest BCUT2D eigenvalue weighted by Gasteiger charge is -2.22. The van der Waals surface area contributed by atoms with Gasteiger partial charge in [0.1, 0.15) is 0 Å². The zero-order valence-electron chi connectivity index (χ0n) is 9.90. The van der Waals surface area contributed by atoms with E-state index in [0.29, 0.717) is 11.7 Å². The fraction of sp³-hybridized carbons (Fsp3) is 0.500. The Morgan fingerprint density at radius 1 is 1.53 bits per heavy atom. The molecule has 0 aromatic carbocycles. The Morgan fingerprint density at radius 2 is 2.18 bits per heavy atom. The molecule has 1 aromatic heterocycles. The molecule has 0 saturated heterocycles. The van der Waals surface area contributed by atoms with Crippen LogP contribution in [0.2, 0.25) is 0 Å². The van der Waals surface area contributed by atoms with Crippen LogP contribution in [0.3, 0.4) is 0 Å². The summed E-state index contributed by atoms with van der Waals surface area (Å²) in [5, 5.41) is 16.2. The van der Waals surface area contributed by atoms with E-state index in [2.05, 4.69) is 15.6 Å². The molecule has 0 radical (unpaired) electrons. The fourth-order valence-corrected chi connectivity index (χ4v) is 1.85. The molecule has 0 aliphatic heterocycles. The molecular formula is C10H15N3O3S. The highest BCUT2D eigenvalue weighted by molar-refractivity contribution is 7.13. The third kappa shape index (κ3) is 3.42. The monoisotopic (exact) mass is 257 g/mol. The summed E-state index contributed by atoms with van der Waals surface area (Å²) in [6.07, 6.45) is 0. The molecule has 94 valence electrons. The first-order chi connectivity index (χ1) is 7.86. The maximum Gasteiger partial charge on any atom is 0.355 e. The van der Waals surface area contributed by atoms with Crippen LogP contribution in [0.1, 0.15) is 24.3 Å². The van der Waals surface area contributed by atoms with Gasteiger partial charge in [-0.05, 0) is 13.8 Å². The van der Waals surface area contributed by atoms with Gasteiger partial charge < -0.3 is 15.7 Å². The van der Waals surface area contributed by atoms with E-state index in [0.717, 1.165) is 0 Å². The van der Waals surface area contributed by atoms with E-state index in [1.165, 1.54) is 16.7 Å². The number of carbonyl (C=O) groups is 2. The summed E-state index contributed by atoms with van der Waals surface area (Å²) in [6, 6.07) is 0. The van der Waals surface area contributed by atoms with Crippen LogP contribution in [-0.2, 0) is 4.79 Å². The molecule has 0 unspecified atom stereocenters. The van der Waals surface area contributed by atoms with Gasteiger partial charge in [0.05, 0.1) is 5.41 Å². The van der Waals surface area contributed by atoms with Crippen molar-refractivity contribution < 1.29 is 14.7 Å². The number of nitrogens with zero attached hydrogens (tertiary/aromatic N) is 1. The van der Waals surface area contributed by atoms with Gasteiger partial charge in [0.2, 0.25) is 5.91 Å². The van der Waals surface area contributed by atoms with E-state index < -0.39 is 11.4 Å². The molecule has 6 nitrogen and oxygen atoms in total. The van der Waals surface area contributed by atoms with Gasteiger partial charge >= 0.3 is 5.97 Å². The first-order valence-electron chi connectivity index (χ1n) is 5.01. The molecule has 0 spiro atoms. The predicted molar refractivity (Wildman–Crippen MR) is 65.4 cm³/mol. The molecule has 0 aliphatic rings. The third-order valence-electron chi connectivity index (χ3n) is 2.25. The van der Waals surface area contributed by atoms with Crippen molar-refractivity contribution in [3.8, 4) is 0 Å². The van der Waals surface area contributed by atoms with Crippen LogP contribution >= 0.6 is 11.3 Å². The topological polar surface area (TPSA) is 91.3 Å². The van der Waals surface area contributed by atoms with Crippen LogP contribution in [0.4, 0.5) is 5.13 Å². The quantitative estimate of drug-likeness (QED) is 0.732. The Labute approximate surface area is 103 Å². The van der Waals surface area contributed by atoms with Crippen molar-refractivity contribution in [3.63, 3.8) is 0 Å². The number of aromatic nitrogens is 1. The molecule has 1 amide bonds. The van der Waals surface area contributed by atoms with Crippen molar-refractivity contribution in [2.24, 2.45) is 5.41 Å². The number of aromatic carboxylic acids is 1. The Hall–Kier alpha value is -1.63. The predicted octanol–water partition coefficient (Wildman–Crippen LogP) is 1.03. The van der Waals surface area contributed by atoms with Crippen LogP contribution in [0, 0.1) is 5.41 Å². The summed E-state index contributed by atoms with van der Waals surface area (Å²) in [5.41, 5.74) is -0.570. The zero-order valence-corrected chi connectivity index (χ0v) is 10.7. The van der Waals surface area contributed by atoms with Gasteiger partial charge in [0, 0.05) is 19.0 Å². The van der Waals surface area contributed by atoms with Crippen LogP contribution in [0.15, 0.2) is 5.38 Å². The minimum atomic E-state index is -1.06. The molecule has 17 heavy (non-hydrogen) atoms. The minimum Gasteiger partial charge on any atom is -0.476 e. The van der Waals surface area contributed by atoms with E-state index in [4.69, 9.17) is 5.11 Å². The summed E-state index contributed by atoms with van der Waals surface area (Å²) in [6.45, 7) is 3.98. The molecule has 7 heteroatoms. The molecule has 0 fully saturated rings. The third-order valence-corrected chi connectivity index (χ3v) is 3.05. The average molecular weight is 257 g/mol.